The Hall–Kier alpha value is -3.77. The Kier molecular flexibility index (Phi) is 5.43. The van der Waals surface area contributed by atoms with Gasteiger partial charge in [-0.05, 0) is 66.7 Å². The van der Waals surface area contributed by atoms with Crippen molar-refractivity contribution in [3.8, 4) is 22.3 Å². The number of piperidine rings is 1. The Morgan fingerprint density at radius 1 is 0.941 bits per heavy atom. The second-order valence-electron chi connectivity index (χ2n) is 9.03. The summed E-state index contributed by atoms with van der Waals surface area (Å²) in [5.74, 6) is 0.417. The van der Waals surface area contributed by atoms with Crippen molar-refractivity contribution < 1.29 is 4.39 Å². The molecule has 5 nitrogen and oxygen atoms in total. The Balaban J connectivity index is 1.27. The number of halogens is 1. The van der Waals surface area contributed by atoms with E-state index < -0.39 is 0 Å². The fraction of sp³-hybridized carbons (Fsp3) is 0.214. The molecule has 6 rings (SSSR count). The number of hydrogen-bond donors (Lipinski definition) is 2. The molecular weight excluding hydrogens is 425 g/mol. The van der Waals surface area contributed by atoms with E-state index in [-0.39, 0.29) is 5.82 Å². The van der Waals surface area contributed by atoms with Gasteiger partial charge in [-0.25, -0.2) is 9.37 Å². The van der Waals surface area contributed by atoms with E-state index in [0.717, 1.165) is 46.4 Å². The third-order valence-electron chi connectivity index (χ3n) is 6.76. The van der Waals surface area contributed by atoms with Gasteiger partial charge in [-0.2, -0.15) is 5.10 Å². The van der Waals surface area contributed by atoms with Gasteiger partial charge in [-0.15, -0.1) is 0 Å². The lowest BCUT2D eigenvalue weighted by Crippen LogP contribution is -2.26. The van der Waals surface area contributed by atoms with E-state index in [9.17, 15) is 4.39 Å². The molecule has 3 aromatic heterocycles. The first-order valence-electron chi connectivity index (χ1n) is 11.8. The first-order chi connectivity index (χ1) is 16.7. The van der Waals surface area contributed by atoms with Gasteiger partial charge >= 0.3 is 0 Å². The van der Waals surface area contributed by atoms with Crippen LogP contribution >= 0.6 is 0 Å². The second kappa shape index (κ2) is 8.88. The highest BCUT2D eigenvalue weighted by Crippen LogP contribution is 2.32. The summed E-state index contributed by atoms with van der Waals surface area (Å²) in [6.45, 7) is 2.72. The summed E-state index contributed by atoms with van der Waals surface area (Å²) in [5.41, 5.74) is 7.48. The van der Waals surface area contributed by atoms with Crippen molar-refractivity contribution in [1.82, 2.24) is 25.1 Å². The van der Waals surface area contributed by atoms with Crippen molar-refractivity contribution >= 4 is 11.0 Å². The Morgan fingerprint density at radius 2 is 1.79 bits per heavy atom. The average molecular weight is 452 g/mol. The summed E-state index contributed by atoms with van der Waals surface area (Å²) < 4.78 is 15.4. The number of fused-ring (bicyclic) bond motifs is 1. The van der Waals surface area contributed by atoms with Crippen molar-refractivity contribution in [2.45, 2.75) is 25.3 Å². The van der Waals surface area contributed by atoms with Crippen molar-refractivity contribution in [2.75, 3.05) is 13.1 Å². The molecule has 170 valence electrons. The predicted octanol–water partition coefficient (Wildman–Crippen LogP) is 5.75. The van der Waals surface area contributed by atoms with Crippen LogP contribution in [0.5, 0.6) is 0 Å². The van der Waals surface area contributed by atoms with E-state index in [1.807, 2.05) is 35.5 Å². The molecule has 1 fully saturated rings. The van der Waals surface area contributed by atoms with Crippen LogP contribution in [-0.2, 0) is 6.54 Å². The standard InChI is InChI=1S/C28H26FN5/c29-25-3-1-2-19(12-25)17-34-18-24(15-33-34)27-16-32-28-26(27)13-23(14-31-28)21-6-4-20(5-7-21)22-8-10-30-11-9-22/h1-7,12-16,18,22,30H,8-11,17H2,(H,31,32). The van der Waals surface area contributed by atoms with E-state index >= 15 is 0 Å². The fourth-order valence-electron chi connectivity index (χ4n) is 4.91. The Morgan fingerprint density at radius 3 is 2.62 bits per heavy atom. The maximum Gasteiger partial charge on any atom is 0.137 e. The Labute approximate surface area is 197 Å². The SMILES string of the molecule is Fc1cccc(Cn2cc(-c3c[nH]c4ncc(-c5ccc(C6CCNCC6)cc5)cc34)cn2)c1. The summed E-state index contributed by atoms with van der Waals surface area (Å²) >= 11 is 0. The lowest BCUT2D eigenvalue weighted by Gasteiger charge is -2.23. The normalized spacial score (nSPS) is 14.6. The van der Waals surface area contributed by atoms with Gasteiger partial charge in [0.05, 0.1) is 12.7 Å². The van der Waals surface area contributed by atoms with Crippen LogP contribution in [-0.4, -0.2) is 32.8 Å². The molecule has 0 bridgehead atoms. The molecule has 1 aliphatic rings. The number of H-pyrrole nitrogens is 1. The number of rotatable bonds is 5. The van der Waals surface area contributed by atoms with E-state index in [1.54, 1.807) is 12.1 Å². The highest BCUT2D eigenvalue weighted by Gasteiger charge is 2.15. The van der Waals surface area contributed by atoms with Gasteiger partial charge in [-0.1, -0.05) is 36.4 Å². The zero-order valence-corrected chi connectivity index (χ0v) is 18.8. The number of nitrogens with one attached hydrogen (secondary N) is 2. The third-order valence-corrected chi connectivity index (χ3v) is 6.76. The largest absolute Gasteiger partial charge is 0.346 e. The molecule has 2 aromatic carbocycles. The van der Waals surface area contributed by atoms with E-state index in [2.05, 4.69) is 50.7 Å². The average Bonchev–Trinajstić information content (AvgIpc) is 3.51. The summed E-state index contributed by atoms with van der Waals surface area (Å²) in [7, 11) is 0. The highest BCUT2D eigenvalue weighted by atomic mass is 19.1. The molecule has 0 spiro atoms. The first kappa shape index (κ1) is 20.8. The lowest BCUT2D eigenvalue weighted by atomic mass is 9.89. The maximum atomic E-state index is 13.5. The highest BCUT2D eigenvalue weighted by molar-refractivity contribution is 5.95. The number of hydrogen-bond acceptors (Lipinski definition) is 3. The van der Waals surface area contributed by atoms with E-state index in [4.69, 9.17) is 0 Å². The molecule has 2 N–H and O–H groups in total. The van der Waals surface area contributed by atoms with Crippen LogP contribution in [0.1, 0.15) is 29.9 Å². The first-order valence-corrected chi connectivity index (χ1v) is 11.8. The van der Waals surface area contributed by atoms with Crippen LogP contribution in [0.3, 0.4) is 0 Å². The number of aromatic amines is 1. The molecule has 1 saturated heterocycles. The minimum absolute atomic E-state index is 0.233. The molecular formula is C28H26FN5. The minimum Gasteiger partial charge on any atom is -0.346 e. The quantitative estimate of drug-likeness (QED) is 0.358. The van der Waals surface area contributed by atoms with Crippen molar-refractivity contribution in [1.29, 1.82) is 0 Å². The molecule has 4 heterocycles. The molecule has 0 radical (unpaired) electrons. The molecule has 6 heteroatoms. The van der Waals surface area contributed by atoms with Crippen LogP contribution in [0.2, 0.25) is 0 Å². The van der Waals surface area contributed by atoms with Gasteiger partial charge in [0.25, 0.3) is 0 Å². The van der Waals surface area contributed by atoms with E-state index in [0.29, 0.717) is 12.5 Å². The van der Waals surface area contributed by atoms with Crippen LogP contribution in [0, 0.1) is 5.82 Å². The summed E-state index contributed by atoms with van der Waals surface area (Å²) in [4.78, 5) is 7.95. The number of benzene rings is 2. The topological polar surface area (TPSA) is 58.5 Å². The third kappa shape index (κ3) is 4.13. The minimum atomic E-state index is -0.233. The monoisotopic (exact) mass is 451 g/mol. The van der Waals surface area contributed by atoms with Gasteiger partial charge < -0.3 is 10.3 Å². The van der Waals surface area contributed by atoms with Crippen LogP contribution in [0.4, 0.5) is 4.39 Å². The zero-order chi connectivity index (χ0) is 22.9. The molecule has 0 amide bonds. The smallest absolute Gasteiger partial charge is 0.137 e. The molecule has 34 heavy (non-hydrogen) atoms. The molecule has 1 aliphatic heterocycles. The molecule has 5 aromatic rings. The summed E-state index contributed by atoms with van der Waals surface area (Å²) in [6, 6.07) is 17.8. The lowest BCUT2D eigenvalue weighted by molar-refractivity contribution is 0.460. The molecule has 0 atom stereocenters. The van der Waals surface area contributed by atoms with Gasteiger partial charge in [0.1, 0.15) is 11.5 Å². The molecule has 0 aliphatic carbocycles. The van der Waals surface area contributed by atoms with Gasteiger partial charge in [0.2, 0.25) is 0 Å². The zero-order valence-electron chi connectivity index (χ0n) is 18.8. The summed E-state index contributed by atoms with van der Waals surface area (Å²) in [5, 5.41) is 8.99. The van der Waals surface area contributed by atoms with Crippen LogP contribution < -0.4 is 5.32 Å². The van der Waals surface area contributed by atoms with Gasteiger partial charge in [0.15, 0.2) is 0 Å². The number of nitrogens with zero attached hydrogens (tertiary/aromatic N) is 3. The second-order valence-corrected chi connectivity index (χ2v) is 9.03. The Bertz CT molecular complexity index is 1430. The van der Waals surface area contributed by atoms with Gasteiger partial charge in [0, 0.05) is 40.7 Å². The maximum absolute atomic E-state index is 13.5. The molecule has 0 saturated carbocycles. The van der Waals surface area contributed by atoms with Gasteiger partial charge in [-0.3, -0.25) is 4.68 Å². The number of pyridine rings is 1. The van der Waals surface area contributed by atoms with Crippen LogP contribution in [0.15, 0.2) is 79.4 Å². The number of aromatic nitrogens is 4. The molecule has 0 unspecified atom stereocenters. The van der Waals surface area contributed by atoms with Crippen molar-refractivity contribution in [2.24, 2.45) is 0 Å². The van der Waals surface area contributed by atoms with Crippen molar-refractivity contribution in [3.63, 3.8) is 0 Å². The van der Waals surface area contributed by atoms with Crippen LogP contribution in [0.25, 0.3) is 33.3 Å². The fourth-order valence-corrected chi connectivity index (χ4v) is 4.91. The van der Waals surface area contributed by atoms with Crippen molar-refractivity contribution in [3.05, 3.63) is 96.3 Å². The summed E-state index contributed by atoms with van der Waals surface area (Å²) in [6.07, 6.45) is 10.1. The van der Waals surface area contributed by atoms with E-state index in [1.165, 1.54) is 30.0 Å². The predicted molar refractivity (Wildman–Crippen MR) is 133 cm³/mol.